The number of aromatic nitrogens is 2. The van der Waals surface area contributed by atoms with E-state index in [9.17, 15) is 4.79 Å². The summed E-state index contributed by atoms with van der Waals surface area (Å²) >= 11 is 0. The predicted molar refractivity (Wildman–Crippen MR) is 75.4 cm³/mol. The van der Waals surface area contributed by atoms with Crippen LogP contribution in [0.25, 0.3) is 0 Å². The van der Waals surface area contributed by atoms with Gasteiger partial charge in [0.2, 0.25) is 5.91 Å². The molecule has 1 amide bonds. The summed E-state index contributed by atoms with van der Waals surface area (Å²) in [7, 11) is 0. The van der Waals surface area contributed by atoms with Gasteiger partial charge in [0, 0.05) is 25.6 Å². The van der Waals surface area contributed by atoms with Crippen LogP contribution in [0.4, 0.5) is 5.69 Å². The predicted octanol–water partition coefficient (Wildman–Crippen LogP) is 1.16. The highest BCUT2D eigenvalue weighted by Gasteiger charge is 2.46. The molecule has 2 fully saturated rings. The molecule has 0 aromatic carbocycles. The number of rotatable bonds is 3. The van der Waals surface area contributed by atoms with E-state index in [0.29, 0.717) is 5.92 Å². The molecule has 0 spiro atoms. The van der Waals surface area contributed by atoms with Gasteiger partial charge in [-0.3, -0.25) is 9.69 Å². The third kappa shape index (κ3) is 2.21. The van der Waals surface area contributed by atoms with Gasteiger partial charge in [0.15, 0.2) is 0 Å². The highest BCUT2D eigenvalue weighted by atomic mass is 16.3. The van der Waals surface area contributed by atoms with Gasteiger partial charge in [0.25, 0.3) is 0 Å². The topological polar surface area (TPSA) is 62.5 Å². The summed E-state index contributed by atoms with van der Waals surface area (Å²) in [6.07, 6.45) is 6.57. The summed E-state index contributed by atoms with van der Waals surface area (Å²) in [5.41, 5.74) is 0.800. The Morgan fingerprint density at radius 2 is 2.10 bits per heavy atom. The van der Waals surface area contributed by atoms with E-state index in [-0.39, 0.29) is 11.8 Å². The monoisotopic (exact) mass is 284 g/mol. The molecule has 4 heterocycles. The molecule has 108 valence electrons. The fourth-order valence-electron chi connectivity index (χ4n) is 3.37. The van der Waals surface area contributed by atoms with Crippen molar-refractivity contribution in [1.82, 2.24) is 14.9 Å². The maximum Gasteiger partial charge on any atom is 0.231 e. The Morgan fingerprint density at radius 3 is 2.81 bits per heavy atom. The third-order valence-electron chi connectivity index (χ3n) is 4.34. The number of hydrogen-bond acceptors (Lipinski definition) is 5. The third-order valence-corrected chi connectivity index (χ3v) is 4.34. The molecule has 21 heavy (non-hydrogen) atoms. The van der Waals surface area contributed by atoms with Gasteiger partial charge < -0.3 is 9.32 Å². The fourth-order valence-corrected chi connectivity index (χ4v) is 3.37. The molecule has 0 bridgehead atoms. The summed E-state index contributed by atoms with van der Waals surface area (Å²) in [5, 5.41) is 0. The Kier molecular flexibility index (Phi) is 2.96. The summed E-state index contributed by atoms with van der Waals surface area (Å²) in [6, 6.07) is 3.87. The van der Waals surface area contributed by atoms with Crippen molar-refractivity contribution in [2.24, 2.45) is 11.8 Å². The van der Waals surface area contributed by atoms with Crippen molar-refractivity contribution in [3.8, 4) is 0 Å². The van der Waals surface area contributed by atoms with Crippen LogP contribution in [-0.4, -0.2) is 40.4 Å². The van der Waals surface area contributed by atoms with Gasteiger partial charge in [0.1, 0.15) is 12.1 Å². The second-order valence-electron chi connectivity index (χ2n) is 5.69. The number of hydrogen-bond donors (Lipinski definition) is 0. The zero-order chi connectivity index (χ0) is 14.2. The maximum atomic E-state index is 12.6. The molecule has 0 aliphatic carbocycles. The maximum absolute atomic E-state index is 12.6. The largest absolute Gasteiger partial charge is 0.468 e. The van der Waals surface area contributed by atoms with Crippen LogP contribution in [0.1, 0.15) is 5.76 Å². The van der Waals surface area contributed by atoms with Crippen molar-refractivity contribution in [3.63, 3.8) is 0 Å². The highest BCUT2D eigenvalue weighted by Crippen LogP contribution is 2.35. The van der Waals surface area contributed by atoms with Crippen molar-refractivity contribution in [2.75, 3.05) is 24.5 Å². The number of nitrogens with zero attached hydrogens (tertiary/aromatic N) is 4. The van der Waals surface area contributed by atoms with Crippen LogP contribution in [0.5, 0.6) is 0 Å². The molecule has 2 atom stereocenters. The number of furan rings is 1. The first-order valence-electron chi connectivity index (χ1n) is 7.12. The minimum atomic E-state index is 0.0835. The Hall–Kier alpha value is -2.21. The molecule has 4 rings (SSSR count). The first-order valence-corrected chi connectivity index (χ1v) is 7.12. The van der Waals surface area contributed by atoms with E-state index in [4.69, 9.17) is 4.42 Å². The quantitative estimate of drug-likeness (QED) is 0.846. The zero-order valence-electron chi connectivity index (χ0n) is 11.6. The number of carbonyl (C=O) groups excluding carboxylic acids is 1. The van der Waals surface area contributed by atoms with Crippen molar-refractivity contribution in [1.29, 1.82) is 0 Å². The molecular weight excluding hydrogens is 268 g/mol. The lowest BCUT2D eigenvalue weighted by Crippen LogP contribution is -2.32. The van der Waals surface area contributed by atoms with E-state index < -0.39 is 0 Å². The summed E-state index contributed by atoms with van der Waals surface area (Å²) in [4.78, 5) is 24.7. The number of amides is 1. The second kappa shape index (κ2) is 4.96. The second-order valence-corrected chi connectivity index (χ2v) is 5.69. The average molecular weight is 284 g/mol. The van der Waals surface area contributed by atoms with Gasteiger partial charge in [-0.05, 0) is 12.1 Å². The number of fused-ring (bicyclic) bond motifs is 1. The Bertz CT molecular complexity index is 628. The van der Waals surface area contributed by atoms with Gasteiger partial charge in [-0.1, -0.05) is 0 Å². The molecule has 6 nitrogen and oxygen atoms in total. The number of likely N-dealkylation sites (tertiary alicyclic amines) is 1. The Balaban J connectivity index is 1.45. The molecule has 0 radical (unpaired) electrons. The van der Waals surface area contributed by atoms with Crippen molar-refractivity contribution >= 4 is 11.6 Å². The smallest absolute Gasteiger partial charge is 0.231 e. The molecule has 2 saturated heterocycles. The first kappa shape index (κ1) is 12.5. The lowest BCUT2D eigenvalue weighted by molar-refractivity contribution is -0.120. The molecule has 2 aromatic heterocycles. The molecule has 0 saturated carbocycles. The van der Waals surface area contributed by atoms with Crippen molar-refractivity contribution < 1.29 is 9.21 Å². The highest BCUT2D eigenvalue weighted by molar-refractivity contribution is 5.97. The van der Waals surface area contributed by atoms with E-state index in [2.05, 4.69) is 14.9 Å². The van der Waals surface area contributed by atoms with Crippen molar-refractivity contribution in [3.05, 3.63) is 42.9 Å². The molecular formula is C15H16N4O2. The Morgan fingerprint density at radius 1 is 1.24 bits per heavy atom. The summed E-state index contributed by atoms with van der Waals surface area (Å²) < 4.78 is 5.38. The number of anilines is 1. The lowest BCUT2D eigenvalue weighted by Gasteiger charge is -2.20. The summed E-state index contributed by atoms with van der Waals surface area (Å²) in [5.74, 6) is 1.61. The molecule has 6 heteroatoms. The van der Waals surface area contributed by atoms with E-state index in [1.54, 1.807) is 18.7 Å². The fraction of sp³-hybridized carbons (Fsp3) is 0.400. The molecule has 2 aliphatic heterocycles. The van der Waals surface area contributed by atoms with E-state index in [1.807, 2.05) is 17.0 Å². The van der Waals surface area contributed by atoms with E-state index in [0.717, 1.165) is 37.6 Å². The van der Waals surface area contributed by atoms with Crippen LogP contribution >= 0.6 is 0 Å². The standard InChI is InChI=1S/C15H16N4O2/c20-15-14-9-18(8-13-2-1-3-21-13)6-11(14)7-19(15)12-4-16-10-17-5-12/h1-5,10-11,14H,6-9H2/t11-,14-/m0/s1. The van der Waals surface area contributed by atoms with Gasteiger partial charge >= 0.3 is 0 Å². The van der Waals surface area contributed by atoms with Crippen LogP contribution in [-0.2, 0) is 11.3 Å². The van der Waals surface area contributed by atoms with Crippen molar-refractivity contribution in [2.45, 2.75) is 6.54 Å². The molecule has 2 aliphatic rings. The van der Waals surface area contributed by atoms with Crippen LogP contribution in [0.2, 0.25) is 0 Å². The van der Waals surface area contributed by atoms with Crippen LogP contribution < -0.4 is 4.90 Å². The number of carbonyl (C=O) groups is 1. The molecule has 0 unspecified atom stereocenters. The minimum absolute atomic E-state index is 0.0835. The molecule has 2 aromatic rings. The van der Waals surface area contributed by atoms with E-state index >= 15 is 0 Å². The average Bonchev–Trinajstić information content (AvgIpc) is 3.20. The minimum Gasteiger partial charge on any atom is -0.468 e. The van der Waals surface area contributed by atoms with Gasteiger partial charge in [-0.2, -0.15) is 0 Å². The molecule has 0 N–H and O–H groups in total. The van der Waals surface area contributed by atoms with Gasteiger partial charge in [0.05, 0.1) is 36.8 Å². The first-order chi connectivity index (χ1) is 10.3. The lowest BCUT2D eigenvalue weighted by atomic mass is 10.0. The Labute approximate surface area is 122 Å². The summed E-state index contributed by atoms with van der Waals surface area (Å²) in [6.45, 7) is 3.27. The van der Waals surface area contributed by atoms with E-state index in [1.165, 1.54) is 6.33 Å². The zero-order valence-corrected chi connectivity index (χ0v) is 11.6. The van der Waals surface area contributed by atoms with Crippen LogP contribution in [0.15, 0.2) is 41.5 Å². The van der Waals surface area contributed by atoms with Gasteiger partial charge in [-0.15, -0.1) is 0 Å². The SMILES string of the molecule is O=C1[C@H]2CN(Cc3ccco3)C[C@H]2CN1c1cncnc1. The van der Waals surface area contributed by atoms with Crippen LogP contribution in [0.3, 0.4) is 0 Å². The normalized spacial score (nSPS) is 25.5. The van der Waals surface area contributed by atoms with Crippen LogP contribution in [0, 0.1) is 11.8 Å². The van der Waals surface area contributed by atoms with Gasteiger partial charge in [-0.25, -0.2) is 9.97 Å².